The first kappa shape index (κ1) is 22.7. The Balaban J connectivity index is 1.12. The molecule has 1 aliphatic heterocycles. The first-order valence-corrected chi connectivity index (χ1v) is 11.8. The van der Waals surface area contributed by atoms with Crippen molar-refractivity contribution in [3.05, 3.63) is 96.0 Å². The number of urea groups is 1. The number of piperazine rings is 1. The molecule has 7 nitrogen and oxygen atoms in total. The minimum absolute atomic E-state index is 0.120. The van der Waals surface area contributed by atoms with Crippen LogP contribution in [0.15, 0.2) is 91.0 Å². The predicted molar refractivity (Wildman–Crippen MR) is 138 cm³/mol. The fourth-order valence-electron chi connectivity index (χ4n) is 3.84. The average molecular weight is 486 g/mol. The van der Waals surface area contributed by atoms with E-state index < -0.39 is 0 Å². The van der Waals surface area contributed by atoms with Crippen molar-refractivity contribution in [2.75, 3.05) is 36.4 Å². The van der Waals surface area contributed by atoms with Crippen LogP contribution in [0.3, 0.4) is 0 Å². The van der Waals surface area contributed by atoms with Crippen molar-refractivity contribution < 1.29 is 9.53 Å². The summed E-state index contributed by atoms with van der Waals surface area (Å²) in [7, 11) is 0. The first-order chi connectivity index (χ1) is 17.1. The largest absolute Gasteiger partial charge is 0.457 e. The van der Waals surface area contributed by atoms with Gasteiger partial charge in [-0.05, 0) is 60.7 Å². The predicted octanol–water partition coefficient (Wildman–Crippen LogP) is 5.94. The van der Waals surface area contributed by atoms with Crippen LogP contribution in [0.2, 0.25) is 5.02 Å². The zero-order chi connectivity index (χ0) is 24.0. The van der Waals surface area contributed by atoms with E-state index in [4.69, 9.17) is 16.3 Å². The van der Waals surface area contributed by atoms with Crippen LogP contribution in [0.5, 0.6) is 11.5 Å². The molecular formula is C27H24ClN5O2. The standard InChI is InChI=1S/C27H24ClN5O2/c28-21-8-6-20(7-9-21)25-14-15-26(31-30-25)32-16-18-33(19-17-32)27(34)29-22-10-12-24(13-11-22)35-23-4-2-1-3-5-23/h1-15H,16-19H2,(H,29,34). The van der Waals surface area contributed by atoms with E-state index in [-0.39, 0.29) is 6.03 Å². The third kappa shape index (κ3) is 5.70. The Labute approximate surface area is 208 Å². The van der Waals surface area contributed by atoms with Gasteiger partial charge < -0.3 is 19.9 Å². The third-order valence-corrected chi connectivity index (χ3v) is 6.02. The zero-order valence-electron chi connectivity index (χ0n) is 19.0. The summed E-state index contributed by atoms with van der Waals surface area (Å²) in [4.78, 5) is 16.7. The number of amides is 2. The molecule has 1 aromatic heterocycles. The van der Waals surface area contributed by atoms with Crippen molar-refractivity contribution in [2.24, 2.45) is 0 Å². The molecule has 1 fully saturated rings. The number of hydrogen-bond acceptors (Lipinski definition) is 5. The highest BCUT2D eigenvalue weighted by molar-refractivity contribution is 6.30. The molecule has 1 saturated heterocycles. The number of nitrogens with zero attached hydrogens (tertiary/aromatic N) is 4. The summed E-state index contributed by atoms with van der Waals surface area (Å²) in [5.41, 5.74) is 2.49. The average Bonchev–Trinajstić information content (AvgIpc) is 2.91. The van der Waals surface area contributed by atoms with Crippen molar-refractivity contribution >= 4 is 29.1 Å². The lowest BCUT2D eigenvalue weighted by Crippen LogP contribution is -2.50. The summed E-state index contributed by atoms with van der Waals surface area (Å²) in [5.74, 6) is 2.29. The zero-order valence-corrected chi connectivity index (χ0v) is 19.7. The summed E-state index contributed by atoms with van der Waals surface area (Å²) < 4.78 is 5.80. The molecule has 176 valence electrons. The van der Waals surface area contributed by atoms with Gasteiger partial charge in [-0.15, -0.1) is 10.2 Å². The topological polar surface area (TPSA) is 70.6 Å². The molecule has 1 aliphatic rings. The van der Waals surface area contributed by atoms with Crippen molar-refractivity contribution in [3.8, 4) is 22.8 Å². The molecule has 3 aromatic carbocycles. The molecule has 0 unspecified atom stereocenters. The second kappa shape index (κ2) is 10.4. The van der Waals surface area contributed by atoms with Crippen LogP contribution in [0.25, 0.3) is 11.3 Å². The number of para-hydroxylation sites is 1. The molecule has 2 heterocycles. The minimum atomic E-state index is -0.120. The number of nitrogens with one attached hydrogen (secondary N) is 1. The van der Waals surface area contributed by atoms with E-state index in [1.54, 1.807) is 4.90 Å². The number of carbonyl (C=O) groups is 1. The van der Waals surface area contributed by atoms with Gasteiger partial charge in [0.1, 0.15) is 11.5 Å². The lowest BCUT2D eigenvalue weighted by molar-refractivity contribution is 0.208. The molecule has 0 bridgehead atoms. The second-order valence-corrected chi connectivity index (χ2v) is 8.56. The molecule has 0 saturated carbocycles. The van der Waals surface area contributed by atoms with E-state index in [2.05, 4.69) is 20.4 Å². The fraction of sp³-hybridized carbons (Fsp3) is 0.148. The Morgan fingerprint density at radius 2 is 1.46 bits per heavy atom. The Bertz CT molecular complexity index is 1260. The van der Waals surface area contributed by atoms with Crippen LogP contribution >= 0.6 is 11.6 Å². The highest BCUT2D eigenvalue weighted by Gasteiger charge is 2.22. The molecule has 1 N–H and O–H groups in total. The maximum absolute atomic E-state index is 12.7. The summed E-state index contributed by atoms with van der Waals surface area (Å²) in [6.45, 7) is 2.57. The third-order valence-electron chi connectivity index (χ3n) is 5.77. The van der Waals surface area contributed by atoms with E-state index in [0.717, 1.165) is 28.5 Å². The Kier molecular flexibility index (Phi) is 6.77. The maximum Gasteiger partial charge on any atom is 0.321 e. The van der Waals surface area contributed by atoms with Crippen LogP contribution in [0, 0.1) is 0 Å². The van der Waals surface area contributed by atoms with Gasteiger partial charge in [0.2, 0.25) is 0 Å². The first-order valence-electron chi connectivity index (χ1n) is 11.4. The molecule has 0 spiro atoms. The summed E-state index contributed by atoms with van der Waals surface area (Å²) in [5, 5.41) is 12.4. The van der Waals surface area contributed by atoms with Gasteiger partial charge in [0, 0.05) is 42.5 Å². The SMILES string of the molecule is O=C(Nc1ccc(Oc2ccccc2)cc1)N1CCN(c2ccc(-c3ccc(Cl)cc3)nn2)CC1. The Hall–Kier alpha value is -4.10. The number of anilines is 2. The van der Waals surface area contributed by atoms with Gasteiger partial charge in [-0.25, -0.2) is 4.79 Å². The summed E-state index contributed by atoms with van der Waals surface area (Å²) >= 11 is 5.96. The van der Waals surface area contributed by atoms with E-state index in [1.807, 2.05) is 91.0 Å². The monoisotopic (exact) mass is 485 g/mol. The van der Waals surface area contributed by atoms with E-state index in [9.17, 15) is 4.79 Å². The van der Waals surface area contributed by atoms with Crippen molar-refractivity contribution in [2.45, 2.75) is 0 Å². The lowest BCUT2D eigenvalue weighted by atomic mass is 10.1. The van der Waals surface area contributed by atoms with Gasteiger partial charge in [0.05, 0.1) is 5.69 Å². The smallest absolute Gasteiger partial charge is 0.321 e. The quantitative estimate of drug-likeness (QED) is 0.378. The molecule has 2 amide bonds. The van der Waals surface area contributed by atoms with E-state index >= 15 is 0 Å². The normalized spacial score (nSPS) is 13.4. The number of hydrogen-bond donors (Lipinski definition) is 1. The second-order valence-electron chi connectivity index (χ2n) is 8.13. The highest BCUT2D eigenvalue weighted by Crippen LogP contribution is 2.24. The number of halogens is 1. The summed E-state index contributed by atoms with van der Waals surface area (Å²) in [6, 6.07) is 28.3. The molecule has 0 radical (unpaired) electrons. The van der Waals surface area contributed by atoms with Gasteiger partial charge >= 0.3 is 6.03 Å². The Morgan fingerprint density at radius 1 is 0.771 bits per heavy atom. The molecule has 5 rings (SSSR count). The van der Waals surface area contributed by atoms with Gasteiger partial charge in [0.25, 0.3) is 0 Å². The molecular weight excluding hydrogens is 462 g/mol. The Morgan fingerprint density at radius 3 is 2.11 bits per heavy atom. The van der Waals surface area contributed by atoms with Crippen molar-refractivity contribution in [1.29, 1.82) is 0 Å². The number of carbonyl (C=O) groups excluding carboxylic acids is 1. The van der Waals surface area contributed by atoms with Gasteiger partial charge in [-0.2, -0.15) is 0 Å². The van der Waals surface area contributed by atoms with Crippen LogP contribution < -0.4 is 15.0 Å². The number of ether oxygens (including phenoxy) is 1. The van der Waals surface area contributed by atoms with Gasteiger partial charge in [-0.3, -0.25) is 0 Å². The molecule has 0 aliphatic carbocycles. The highest BCUT2D eigenvalue weighted by atomic mass is 35.5. The number of benzene rings is 3. The van der Waals surface area contributed by atoms with Crippen LogP contribution in [0.1, 0.15) is 0 Å². The van der Waals surface area contributed by atoms with Crippen LogP contribution in [-0.4, -0.2) is 47.3 Å². The van der Waals surface area contributed by atoms with E-state index in [1.165, 1.54) is 0 Å². The molecule has 8 heteroatoms. The summed E-state index contributed by atoms with van der Waals surface area (Å²) in [6.07, 6.45) is 0. The van der Waals surface area contributed by atoms with Crippen molar-refractivity contribution in [1.82, 2.24) is 15.1 Å². The number of aromatic nitrogens is 2. The molecule has 35 heavy (non-hydrogen) atoms. The molecule has 0 atom stereocenters. The van der Waals surface area contributed by atoms with Crippen LogP contribution in [-0.2, 0) is 0 Å². The lowest BCUT2D eigenvalue weighted by Gasteiger charge is -2.35. The minimum Gasteiger partial charge on any atom is -0.457 e. The number of rotatable bonds is 5. The maximum atomic E-state index is 12.7. The van der Waals surface area contributed by atoms with E-state index in [0.29, 0.717) is 37.0 Å². The van der Waals surface area contributed by atoms with Gasteiger partial charge in [-0.1, -0.05) is 41.9 Å². The molecule has 4 aromatic rings. The fourth-order valence-corrected chi connectivity index (χ4v) is 3.97. The van der Waals surface area contributed by atoms with Gasteiger partial charge in [0.15, 0.2) is 5.82 Å². The van der Waals surface area contributed by atoms with Crippen LogP contribution in [0.4, 0.5) is 16.3 Å². The van der Waals surface area contributed by atoms with Crippen molar-refractivity contribution in [3.63, 3.8) is 0 Å².